The van der Waals surface area contributed by atoms with E-state index in [1.165, 1.54) is 22.5 Å². The molecular formula is C15H19N3S. The van der Waals surface area contributed by atoms with Crippen LogP contribution in [0.5, 0.6) is 0 Å². The number of anilines is 1. The van der Waals surface area contributed by atoms with Crippen molar-refractivity contribution in [2.24, 2.45) is 5.73 Å². The van der Waals surface area contributed by atoms with Gasteiger partial charge in [0.2, 0.25) is 0 Å². The van der Waals surface area contributed by atoms with Crippen molar-refractivity contribution in [2.75, 3.05) is 19.0 Å². The van der Waals surface area contributed by atoms with Gasteiger partial charge in [0, 0.05) is 36.3 Å². The molecule has 0 bridgehead atoms. The molecule has 4 heteroatoms. The maximum absolute atomic E-state index is 6.14. The third-order valence-corrected chi connectivity index (χ3v) is 4.81. The molecule has 1 aromatic carbocycles. The molecule has 1 unspecified atom stereocenters. The van der Waals surface area contributed by atoms with Crippen molar-refractivity contribution >= 4 is 17.0 Å². The van der Waals surface area contributed by atoms with Crippen LogP contribution in [0.15, 0.2) is 24.3 Å². The lowest BCUT2D eigenvalue weighted by Gasteiger charge is -2.15. The van der Waals surface area contributed by atoms with Crippen molar-refractivity contribution in [3.63, 3.8) is 0 Å². The van der Waals surface area contributed by atoms with Crippen LogP contribution in [0.3, 0.4) is 0 Å². The van der Waals surface area contributed by atoms with Crippen LogP contribution in [0, 0.1) is 0 Å². The lowest BCUT2D eigenvalue weighted by Crippen LogP contribution is -2.16. The standard InChI is InChI=1S/C15H19N3S/c1-18(2)11-8-6-10(7-9-11)15-17-14-12(16)4-3-5-13(14)19-15/h6-9,12H,3-5,16H2,1-2H3. The van der Waals surface area contributed by atoms with Crippen molar-refractivity contribution < 1.29 is 0 Å². The van der Waals surface area contributed by atoms with E-state index in [9.17, 15) is 0 Å². The molecular weight excluding hydrogens is 254 g/mol. The second-order valence-electron chi connectivity index (χ2n) is 5.27. The Hall–Kier alpha value is -1.39. The van der Waals surface area contributed by atoms with Crippen molar-refractivity contribution in [1.29, 1.82) is 0 Å². The Morgan fingerprint density at radius 2 is 2.00 bits per heavy atom. The summed E-state index contributed by atoms with van der Waals surface area (Å²) in [4.78, 5) is 8.24. The summed E-state index contributed by atoms with van der Waals surface area (Å²) in [5.41, 5.74) is 9.67. The predicted octanol–water partition coefficient (Wildman–Crippen LogP) is 3.21. The summed E-state index contributed by atoms with van der Waals surface area (Å²) in [5.74, 6) is 0. The number of rotatable bonds is 2. The minimum absolute atomic E-state index is 0.134. The topological polar surface area (TPSA) is 42.2 Å². The van der Waals surface area contributed by atoms with Gasteiger partial charge in [-0.25, -0.2) is 4.98 Å². The quantitative estimate of drug-likeness (QED) is 0.913. The molecule has 0 fully saturated rings. The highest BCUT2D eigenvalue weighted by Gasteiger charge is 2.22. The average molecular weight is 273 g/mol. The van der Waals surface area contributed by atoms with Crippen LogP contribution in [0.4, 0.5) is 5.69 Å². The van der Waals surface area contributed by atoms with E-state index in [-0.39, 0.29) is 6.04 Å². The van der Waals surface area contributed by atoms with Crippen molar-refractivity contribution in [3.8, 4) is 10.6 Å². The molecule has 0 amide bonds. The summed E-state index contributed by atoms with van der Waals surface area (Å²) in [7, 11) is 4.10. The molecule has 1 aliphatic rings. The average Bonchev–Trinajstić information content (AvgIpc) is 2.84. The van der Waals surface area contributed by atoms with Gasteiger partial charge in [0.15, 0.2) is 0 Å². The Labute approximate surface area is 118 Å². The Kier molecular flexibility index (Phi) is 3.29. The molecule has 2 N–H and O–H groups in total. The van der Waals surface area contributed by atoms with Crippen LogP contribution < -0.4 is 10.6 Å². The molecule has 19 heavy (non-hydrogen) atoms. The molecule has 0 saturated heterocycles. The smallest absolute Gasteiger partial charge is 0.123 e. The first kappa shape index (κ1) is 12.6. The Morgan fingerprint density at radius 3 is 2.63 bits per heavy atom. The highest BCUT2D eigenvalue weighted by Crippen LogP contribution is 2.36. The summed E-state index contributed by atoms with van der Waals surface area (Å²) in [6.45, 7) is 0. The maximum Gasteiger partial charge on any atom is 0.123 e. The fraction of sp³-hybridized carbons (Fsp3) is 0.400. The number of aromatic nitrogens is 1. The SMILES string of the molecule is CN(C)c1ccc(-c2nc3c(s2)CCCC3N)cc1. The van der Waals surface area contributed by atoms with Crippen molar-refractivity contribution in [1.82, 2.24) is 4.98 Å². The number of aryl methyl sites for hydroxylation is 1. The Bertz CT molecular complexity index is 572. The van der Waals surface area contributed by atoms with Gasteiger partial charge in [-0.3, -0.25) is 0 Å². The van der Waals surface area contributed by atoms with Gasteiger partial charge in [0.25, 0.3) is 0 Å². The third-order valence-electron chi connectivity index (χ3n) is 3.63. The van der Waals surface area contributed by atoms with Gasteiger partial charge in [-0.15, -0.1) is 11.3 Å². The van der Waals surface area contributed by atoms with Gasteiger partial charge >= 0.3 is 0 Å². The molecule has 1 aliphatic carbocycles. The minimum atomic E-state index is 0.134. The second kappa shape index (κ2) is 4.94. The van der Waals surface area contributed by atoms with Crippen molar-refractivity contribution in [3.05, 3.63) is 34.8 Å². The first-order chi connectivity index (χ1) is 9.15. The summed E-state index contributed by atoms with van der Waals surface area (Å²) >= 11 is 1.80. The van der Waals surface area contributed by atoms with E-state index >= 15 is 0 Å². The van der Waals surface area contributed by atoms with E-state index in [1.807, 2.05) is 0 Å². The summed E-state index contributed by atoms with van der Waals surface area (Å²) in [6, 6.07) is 8.69. The zero-order chi connectivity index (χ0) is 13.4. The van der Waals surface area contributed by atoms with Crippen LogP contribution in [0.1, 0.15) is 29.5 Å². The van der Waals surface area contributed by atoms with Gasteiger partial charge in [-0.05, 0) is 43.5 Å². The number of thiazole rings is 1. The van der Waals surface area contributed by atoms with E-state index in [4.69, 9.17) is 10.7 Å². The number of nitrogens with two attached hydrogens (primary N) is 1. The van der Waals surface area contributed by atoms with Gasteiger partial charge in [-0.1, -0.05) is 0 Å². The molecule has 1 heterocycles. The fourth-order valence-electron chi connectivity index (χ4n) is 2.48. The molecule has 3 rings (SSSR count). The summed E-state index contributed by atoms with van der Waals surface area (Å²) in [5, 5.41) is 1.10. The van der Waals surface area contributed by atoms with Crippen LogP contribution in [-0.4, -0.2) is 19.1 Å². The number of fused-ring (bicyclic) bond motifs is 1. The molecule has 100 valence electrons. The van der Waals surface area contributed by atoms with Crippen LogP contribution in [-0.2, 0) is 6.42 Å². The number of hydrogen-bond acceptors (Lipinski definition) is 4. The third kappa shape index (κ3) is 2.38. The van der Waals surface area contributed by atoms with E-state index in [1.54, 1.807) is 11.3 Å². The second-order valence-corrected chi connectivity index (χ2v) is 6.35. The molecule has 3 nitrogen and oxygen atoms in total. The largest absolute Gasteiger partial charge is 0.378 e. The molecule has 0 aliphatic heterocycles. The molecule has 0 spiro atoms. The van der Waals surface area contributed by atoms with Crippen LogP contribution in [0.2, 0.25) is 0 Å². The minimum Gasteiger partial charge on any atom is -0.378 e. The first-order valence-electron chi connectivity index (χ1n) is 6.68. The number of hydrogen-bond donors (Lipinski definition) is 1. The van der Waals surface area contributed by atoms with Gasteiger partial charge in [-0.2, -0.15) is 0 Å². The lowest BCUT2D eigenvalue weighted by molar-refractivity contribution is 0.564. The Morgan fingerprint density at radius 1 is 1.26 bits per heavy atom. The zero-order valence-electron chi connectivity index (χ0n) is 11.4. The summed E-state index contributed by atoms with van der Waals surface area (Å²) < 4.78 is 0. The number of benzene rings is 1. The van der Waals surface area contributed by atoms with Gasteiger partial charge in [0.05, 0.1) is 5.69 Å². The van der Waals surface area contributed by atoms with Gasteiger partial charge in [0.1, 0.15) is 5.01 Å². The highest BCUT2D eigenvalue weighted by molar-refractivity contribution is 7.15. The molecule has 0 saturated carbocycles. The monoisotopic (exact) mass is 273 g/mol. The fourth-order valence-corrected chi connectivity index (χ4v) is 3.66. The van der Waals surface area contributed by atoms with E-state index in [2.05, 4.69) is 43.3 Å². The highest BCUT2D eigenvalue weighted by atomic mass is 32.1. The van der Waals surface area contributed by atoms with Crippen molar-refractivity contribution in [2.45, 2.75) is 25.3 Å². The maximum atomic E-state index is 6.14. The van der Waals surface area contributed by atoms with Crippen LogP contribution in [0.25, 0.3) is 10.6 Å². The predicted molar refractivity (Wildman–Crippen MR) is 81.7 cm³/mol. The molecule has 0 radical (unpaired) electrons. The molecule has 2 aromatic rings. The first-order valence-corrected chi connectivity index (χ1v) is 7.50. The molecule has 1 aromatic heterocycles. The lowest BCUT2D eigenvalue weighted by atomic mass is 9.99. The van der Waals surface area contributed by atoms with E-state index in [0.717, 1.165) is 23.5 Å². The summed E-state index contributed by atoms with van der Waals surface area (Å²) in [6.07, 6.45) is 3.39. The van der Waals surface area contributed by atoms with E-state index < -0.39 is 0 Å². The normalized spacial score (nSPS) is 18.2. The van der Waals surface area contributed by atoms with Gasteiger partial charge < -0.3 is 10.6 Å². The zero-order valence-corrected chi connectivity index (χ0v) is 12.2. The number of nitrogens with zero attached hydrogens (tertiary/aromatic N) is 2. The van der Waals surface area contributed by atoms with E-state index in [0.29, 0.717) is 0 Å². The van der Waals surface area contributed by atoms with Crippen LogP contribution >= 0.6 is 11.3 Å². The Balaban J connectivity index is 1.94. The molecule has 1 atom stereocenters.